The highest BCUT2D eigenvalue weighted by molar-refractivity contribution is 5.11. The van der Waals surface area contributed by atoms with Gasteiger partial charge in [0.2, 0.25) is 0 Å². The van der Waals surface area contributed by atoms with Crippen LogP contribution in [0.1, 0.15) is 63.1 Å². The molecule has 0 aromatic carbocycles. The average molecular weight is 289 g/mol. The maximum atomic E-state index is 11.1. The van der Waals surface area contributed by atoms with E-state index in [0.29, 0.717) is 12.1 Å². The van der Waals surface area contributed by atoms with E-state index >= 15 is 0 Å². The monoisotopic (exact) mass is 289 g/mol. The highest BCUT2D eigenvalue weighted by atomic mass is 16.3. The van der Waals surface area contributed by atoms with Gasteiger partial charge in [-0.3, -0.25) is 9.58 Å². The Kier molecular flexibility index (Phi) is 3.54. The molecule has 3 aliphatic rings. The second-order valence-corrected chi connectivity index (χ2v) is 7.30. The number of fused-ring (bicyclic) bond motifs is 1. The first-order valence-corrected chi connectivity index (χ1v) is 8.75. The van der Waals surface area contributed by atoms with Crippen molar-refractivity contribution in [2.45, 2.75) is 75.5 Å². The summed E-state index contributed by atoms with van der Waals surface area (Å²) in [7, 11) is 0. The van der Waals surface area contributed by atoms with Crippen LogP contribution in [0, 0.1) is 0 Å². The summed E-state index contributed by atoms with van der Waals surface area (Å²) in [5, 5.41) is 15.9. The van der Waals surface area contributed by atoms with Crippen LogP contribution >= 0.6 is 0 Å². The first kappa shape index (κ1) is 13.8. The molecule has 1 aliphatic carbocycles. The zero-order valence-electron chi connectivity index (χ0n) is 12.9. The molecule has 2 aliphatic heterocycles. The van der Waals surface area contributed by atoms with E-state index in [9.17, 15) is 5.11 Å². The average Bonchev–Trinajstić information content (AvgIpc) is 3.20. The minimum atomic E-state index is -0.546. The fourth-order valence-electron chi connectivity index (χ4n) is 4.73. The Hall–Kier alpha value is -0.870. The summed E-state index contributed by atoms with van der Waals surface area (Å²) in [4.78, 5) is 2.50. The Balaban J connectivity index is 1.47. The summed E-state index contributed by atoms with van der Waals surface area (Å²) in [5.41, 5.74) is 0.534. The third-order valence-corrected chi connectivity index (χ3v) is 5.92. The van der Waals surface area contributed by atoms with E-state index in [4.69, 9.17) is 5.10 Å². The molecule has 4 nitrogen and oxygen atoms in total. The number of piperidine rings is 1. The Morgan fingerprint density at radius 2 is 1.95 bits per heavy atom. The number of hydrogen-bond acceptors (Lipinski definition) is 3. The summed E-state index contributed by atoms with van der Waals surface area (Å²) in [6, 6.07) is 3.09. The molecule has 2 unspecified atom stereocenters. The third-order valence-electron chi connectivity index (χ3n) is 5.92. The number of nitrogens with zero attached hydrogens (tertiary/aromatic N) is 3. The van der Waals surface area contributed by atoms with Crippen LogP contribution < -0.4 is 0 Å². The second kappa shape index (κ2) is 5.40. The second-order valence-electron chi connectivity index (χ2n) is 7.30. The van der Waals surface area contributed by atoms with E-state index in [1.807, 2.05) is 0 Å². The molecule has 2 saturated heterocycles. The molecular weight excluding hydrogens is 262 g/mol. The van der Waals surface area contributed by atoms with Gasteiger partial charge < -0.3 is 5.11 Å². The van der Waals surface area contributed by atoms with Crippen molar-refractivity contribution in [3.63, 3.8) is 0 Å². The Bertz CT molecular complexity index is 494. The van der Waals surface area contributed by atoms with E-state index < -0.39 is 5.60 Å². The number of aliphatic hydroxyl groups is 1. The Morgan fingerprint density at radius 1 is 1.14 bits per heavy atom. The molecule has 0 amide bonds. The van der Waals surface area contributed by atoms with Gasteiger partial charge in [0.15, 0.2) is 0 Å². The van der Waals surface area contributed by atoms with Crippen LogP contribution in [0.4, 0.5) is 0 Å². The summed E-state index contributed by atoms with van der Waals surface area (Å²) in [5.74, 6) is 0. The van der Waals surface area contributed by atoms with E-state index in [-0.39, 0.29) is 0 Å². The summed E-state index contributed by atoms with van der Waals surface area (Å²) in [6.07, 6.45) is 12.7. The van der Waals surface area contributed by atoms with Crippen LogP contribution in [0.15, 0.2) is 12.3 Å². The SMILES string of the molecule is OC1(Cc2ccn(C3CCCC3)n2)CCN2CCCCC21. The lowest BCUT2D eigenvalue weighted by atomic mass is 9.85. The van der Waals surface area contributed by atoms with Gasteiger partial charge in [-0.1, -0.05) is 19.3 Å². The Labute approximate surface area is 127 Å². The van der Waals surface area contributed by atoms with Crippen LogP contribution in [0.3, 0.4) is 0 Å². The van der Waals surface area contributed by atoms with Crippen LogP contribution in [0.5, 0.6) is 0 Å². The number of hydrogen-bond donors (Lipinski definition) is 1. The fourth-order valence-corrected chi connectivity index (χ4v) is 4.73. The van der Waals surface area contributed by atoms with Gasteiger partial charge in [-0.25, -0.2) is 0 Å². The van der Waals surface area contributed by atoms with Crippen molar-refractivity contribution >= 4 is 0 Å². The molecule has 4 rings (SSSR count). The standard InChI is InChI=1S/C17H27N3O/c21-17(9-12-19-10-4-3-7-16(17)19)13-14-8-11-20(18-14)15-5-1-2-6-15/h8,11,15-16,21H,1-7,9-10,12-13H2. The molecule has 4 heteroatoms. The van der Waals surface area contributed by atoms with Crippen molar-refractivity contribution in [1.29, 1.82) is 0 Å². The third kappa shape index (κ3) is 2.53. The van der Waals surface area contributed by atoms with Crippen molar-refractivity contribution in [1.82, 2.24) is 14.7 Å². The lowest BCUT2D eigenvalue weighted by molar-refractivity contribution is -0.00968. The first-order valence-electron chi connectivity index (χ1n) is 8.75. The molecule has 116 valence electrons. The van der Waals surface area contributed by atoms with Crippen molar-refractivity contribution in [3.8, 4) is 0 Å². The maximum absolute atomic E-state index is 11.1. The van der Waals surface area contributed by atoms with Gasteiger partial charge >= 0.3 is 0 Å². The number of rotatable bonds is 3. The van der Waals surface area contributed by atoms with Crippen molar-refractivity contribution < 1.29 is 5.11 Å². The molecule has 1 aromatic heterocycles. The van der Waals surface area contributed by atoms with E-state index in [1.165, 1.54) is 45.1 Å². The van der Waals surface area contributed by atoms with Crippen LogP contribution in [-0.2, 0) is 6.42 Å². The van der Waals surface area contributed by atoms with Gasteiger partial charge in [0.05, 0.1) is 17.3 Å². The Morgan fingerprint density at radius 3 is 2.81 bits per heavy atom. The lowest BCUT2D eigenvalue weighted by Gasteiger charge is -2.37. The lowest BCUT2D eigenvalue weighted by Crippen LogP contribution is -2.48. The molecule has 0 radical (unpaired) electrons. The predicted octanol–water partition coefficient (Wildman–Crippen LogP) is 2.53. The zero-order chi connectivity index (χ0) is 14.3. The normalized spacial score (nSPS) is 34.4. The fraction of sp³-hybridized carbons (Fsp3) is 0.824. The molecule has 3 heterocycles. The smallest absolute Gasteiger partial charge is 0.0870 e. The molecular formula is C17H27N3O. The van der Waals surface area contributed by atoms with Gasteiger partial charge in [-0.05, 0) is 44.7 Å². The molecule has 1 N–H and O–H groups in total. The van der Waals surface area contributed by atoms with Crippen LogP contribution in [0.25, 0.3) is 0 Å². The largest absolute Gasteiger partial charge is 0.388 e. The zero-order valence-corrected chi connectivity index (χ0v) is 12.9. The van der Waals surface area contributed by atoms with E-state index in [2.05, 4.69) is 21.8 Å². The van der Waals surface area contributed by atoms with Gasteiger partial charge in [-0.15, -0.1) is 0 Å². The topological polar surface area (TPSA) is 41.3 Å². The highest BCUT2D eigenvalue weighted by Gasteiger charge is 2.46. The molecule has 21 heavy (non-hydrogen) atoms. The molecule has 3 fully saturated rings. The minimum absolute atomic E-state index is 0.364. The minimum Gasteiger partial charge on any atom is -0.388 e. The molecule has 1 aromatic rings. The summed E-state index contributed by atoms with van der Waals surface area (Å²) >= 11 is 0. The first-order chi connectivity index (χ1) is 10.2. The number of aromatic nitrogens is 2. The predicted molar refractivity (Wildman–Crippen MR) is 82.2 cm³/mol. The van der Waals surface area contributed by atoms with Gasteiger partial charge in [0.25, 0.3) is 0 Å². The van der Waals surface area contributed by atoms with Crippen LogP contribution in [0.2, 0.25) is 0 Å². The molecule has 2 atom stereocenters. The molecule has 1 saturated carbocycles. The van der Waals surface area contributed by atoms with Gasteiger partial charge in [0.1, 0.15) is 0 Å². The summed E-state index contributed by atoms with van der Waals surface area (Å²) in [6.45, 7) is 2.23. The summed E-state index contributed by atoms with van der Waals surface area (Å²) < 4.78 is 2.15. The molecule has 0 bridgehead atoms. The van der Waals surface area contributed by atoms with Gasteiger partial charge in [0, 0.05) is 25.2 Å². The van der Waals surface area contributed by atoms with Crippen molar-refractivity contribution in [2.75, 3.05) is 13.1 Å². The maximum Gasteiger partial charge on any atom is 0.0870 e. The van der Waals surface area contributed by atoms with Crippen molar-refractivity contribution in [2.24, 2.45) is 0 Å². The van der Waals surface area contributed by atoms with Crippen molar-refractivity contribution in [3.05, 3.63) is 18.0 Å². The quantitative estimate of drug-likeness (QED) is 0.929. The van der Waals surface area contributed by atoms with E-state index in [1.54, 1.807) is 0 Å². The molecule has 0 spiro atoms. The van der Waals surface area contributed by atoms with Crippen LogP contribution in [-0.4, -0.2) is 44.5 Å². The van der Waals surface area contributed by atoms with Gasteiger partial charge in [-0.2, -0.15) is 5.10 Å². The highest BCUT2D eigenvalue weighted by Crippen LogP contribution is 2.37. The van der Waals surface area contributed by atoms with E-state index in [0.717, 1.165) is 31.5 Å².